The number of ether oxygens (including phenoxy) is 1. The highest BCUT2D eigenvalue weighted by Crippen LogP contribution is 2.32. The predicted octanol–water partition coefficient (Wildman–Crippen LogP) is 4.87. The van der Waals surface area contributed by atoms with E-state index in [1.807, 2.05) is 47.0 Å². The molecule has 0 amide bonds. The summed E-state index contributed by atoms with van der Waals surface area (Å²) in [6.07, 6.45) is 6.96. The second-order valence-corrected chi connectivity index (χ2v) is 11.1. The molecule has 3 N–H and O–H groups in total. The Morgan fingerprint density at radius 1 is 0.935 bits per heavy atom. The third kappa shape index (κ3) is 5.91. The van der Waals surface area contributed by atoms with Crippen molar-refractivity contribution in [2.75, 3.05) is 31.2 Å². The molecule has 1 aliphatic rings. The van der Waals surface area contributed by atoms with Crippen LogP contribution in [0.15, 0.2) is 85.3 Å². The molecule has 1 saturated heterocycles. The van der Waals surface area contributed by atoms with Crippen molar-refractivity contribution in [1.82, 2.24) is 39.4 Å². The molecule has 12 nitrogen and oxygen atoms in total. The number of fused-ring (bicyclic) bond motifs is 1. The molecule has 1 aliphatic heterocycles. The zero-order chi connectivity index (χ0) is 31.5. The largest absolute Gasteiger partial charge is 0.481 e. The van der Waals surface area contributed by atoms with Crippen molar-refractivity contribution < 1.29 is 4.74 Å². The third-order valence-corrected chi connectivity index (χ3v) is 8.12. The van der Waals surface area contributed by atoms with Gasteiger partial charge in [-0.1, -0.05) is 12.1 Å². The Bertz CT molecular complexity index is 2040. The van der Waals surface area contributed by atoms with E-state index in [4.69, 9.17) is 25.7 Å². The first-order valence-corrected chi connectivity index (χ1v) is 15.0. The van der Waals surface area contributed by atoms with E-state index in [0.29, 0.717) is 35.0 Å². The van der Waals surface area contributed by atoms with E-state index in [-0.39, 0.29) is 5.82 Å². The Hall–Kier alpha value is -5.93. The van der Waals surface area contributed by atoms with Gasteiger partial charge in [0, 0.05) is 61.6 Å². The fourth-order valence-electron chi connectivity index (χ4n) is 5.78. The molecule has 1 fully saturated rings. The Balaban J connectivity index is 1.14. The number of rotatable bonds is 8. The number of likely N-dealkylation sites (tertiary alicyclic amines) is 1. The molecule has 0 saturated carbocycles. The van der Waals surface area contributed by atoms with E-state index in [2.05, 4.69) is 54.4 Å². The van der Waals surface area contributed by atoms with Gasteiger partial charge >= 0.3 is 0 Å². The van der Waals surface area contributed by atoms with Crippen LogP contribution in [-0.4, -0.2) is 65.6 Å². The number of anilines is 2. The minimum absolute atomic E-state index is 0.177. The summed E-state index contributed by atoms with van der Waals surface area (Å²) >= 11 is 0. The van der Waals surface area contributed by atoms with Crippen LogP contribution >= 0.6 is 0 Å². The number of pyridine rings is 3. The number of benzene rings is 1. The lowest BCUT2D eigenvalue weighted by atomic mass is 10.0. The van der Waals surface area contributed by atoms with E-state index in [0.717, 1.165) is 60.5 Å². The first-order valence-electron chi connectivity index (χ1n) is 15.0. The molecule has 12 heteroatoms. The number of aromatic nitrogens is 7. The molecular formula is C34H31N11O. The van der Waals surface area contributed by atoms with Crippen molar-refractivity contribution in [3.63, 3.8) is 0 Å². The van der Waals surface area contributed by atoms with Crippen LogP contribution in [-0.2, 0) is 6.54 Å². The Labute approximate surface area is 265 Å². The fourth-order valence-corrected chi connectivity index (χ4v) is 5.78. The van der Waals surface area contributed by atoms with E-state index in [1.54, 1.807) is 31.8 Å². The van der Waals surface area contributed by atoms with Crippen LogP contribution in [0, 0.1) is 11.3 Å². The van der Waals surface area contributed by atoms with Crippen molar-refractivity contribution in [3.8, 4) is 40.3 Å². The van der Waals surface area contributed by atoms with Gasteiger partial charge in [-0.3, -0.25) is 9.47 Å². The highest BCUT2D eigenvalue weighted by Gasteiger charge is 2.21. The quantitative estimate of drug-likeness (QED) is 0.243. The van der Waals surface area contributed by atoms with Crippen LogP contribution < -0.4 is 15.8 Å². The molecule has 1 aromatic carbocycles. The summed E-state index contributed by atoms with van der Waals surface area (Å²) in [6.45, 7) is 2.76. The highest BCUT2D eigenvalue weighted by molar-refractivity contribution is 5.84. The summed E-state index contributed by atoms with van der Waals surface area (Å²) in [6, 6.07) is 24.1. The second-order valence-electron chi connectivity index (χ2n) is 11.1. The second kappa shape index (κ2) is 12.6. The van der Waals surface area contributed by atoms with Gasteiger partial charge in [0.05, 0.1) is 18.4 Å². The van der Waals surface area contributed by atoms with Gasteiger partial charge in [0.15, 0.2) is 11.5 Å². The van der Waals surface area contributed by atoms with Gasteiger partial charge in [-0.05, 0) is 66.9 Å². The monoisotopic (exact) mass is 609 g/mol. The number of piperidine rings is 1. The van der Waals surface area contributed by atoms with Crippen molar-refractivity contribution in [3.05, 3.63) is 96.7 Å². The first kappa shape index (κ1) is 28.8. The Morgan fingerprint density at radius 3 is 2.54 bits per heavy atom. The third-order valence-electron chi connectivity index (χ3n) is 8.12. The average Bonchev–Trinajstić information content (AvgIpc) is 3.48. The number of nitrogens with zero attached hydrogens (tertiary/aromatic N) is 9. The summed E-state index contributed by atoms with van der Waals surface area (Å²) in [4.78, 5) is 29.2. The van der Waals surface area contributed by atoms with Gasteiger partial charge in [0.2, 0.25) is 11.7 Å². The number of nitrogen functional groups attached to an aromatic ring is 1. The van der Waals surface area contributed by atoms with Crippen molar-refractivity contribution in [1.29, 1.82) is 5.26 Å². The zero-order valence-electron chi connectivity index (χ0n) is 25.2. The number of hydrogen-bond acceptors (Lipinski definition) is 11. The lowest BCUT2D eigenvalue weighted by Gasteiger charge is -2.32. The lowest BCUT2D eigenvalue weighted by molar-refractivity contribution is 0.211. The molecule has 0 radical (unpaired) electrons. The Kier molecular flexibility index (Phi) is 7.89. The van der Waals surface area contributed by atoms with E-state index >= 15 is 0 Å². The Morgan fingerprint density at radius 2 is 1.76 bits per heavy atom. The van der Waals surface area contributed by atoms with Crippen LogP contribution in [0.2, 0.25) is 0 Å². The molecule has 228 valence electrons. The molecule has 46 heavy (non-hydrogen) atoms. The molecule has 0 spiro atoms. The molecule has 0 aliphatic carbocycles. The SMILES string of the molecule is COc1cc(-c2ccc3nc(-c4cccnc4N)n(-c4ccc(CN5CCC(Nc6ccnc(C#N)n6)CC5)cc4)c3n2)ccn1. The van der Waals surface area contributed by atoms with Crippen LogP contribution in [0.1, 0.15) is 24.2 Å². The first-order chi connectivity index (χ1) is 22.6. The number of nitrogens with two attached hydrogens (primary N) is 1. The standard InChI is InChI=1S/C34H31N11O/c1-46-31-19-23(10-15-38-31)27-8-9-28-34(41-27)45(33(42-28)26-3-2-14-39-32(26)36)25-6-4-22(5-7-25)21-44-17-12-24(13-18-44)40-29-11-16-37-30(20-35)43-29/h2-11,14-16,19,24H,12-13,17-18,21H2,1H3,(H2,36,39)(H,37,40,43). The van der Waals surface area contributed by atoms with Gasteiger partial charge in [0.1, 0.15) is 23.2 Å². The lowest BCUT2D eigenvalue weighted by Crippen LogP contribution is -2.38. The minimum Gasteiger partial charge on any atom is -0.481 e. The molecular weight excluding hydrogens is 578 g/mol. The minimum atomic E-state index is 0.177. The zero-order valence-corrected chi connectivity index (χ0v) is 25.2. The number of methoxy groups -OCH3 is 1. The van der Waals surface area contributed by atoms with Crippen LogP contribution in [0.25, 0.3) is 39.5 Å². The van der Waals surface area contributed by atoms with E-state index in [1.165, 1.54) is 5.56 Å². The van der Waals surface area contributed by atoms with Gasteiger partial charge in [-0.15, -0.1) is 0 Å². The van der Waals surface area contributed by atoms with Gasteiger partial charge in [-0.25, -0.2) is 29.9 Å². The van der Waals surface area contributed by atoms with E-state index < -0.39 is 0 Å². The van der Waals surface area contributed by atoms with Gasteiger partial charge in [-0.2, -0.15) is 5.26 Å². The number of imidazole rings is 1. The average molecular weight is 610 g/mol. The molecule has 6 heterocycles. The maximum Gasteiger partial charge on any atom is 0.234 e. The molecule has 0 unspecified atom stereocenters. The maximum absolute atomic E-state index is 9.08. The molecule has 6 aromatic rings. The number of nitriles is 1. The summed E-state index contributed by atoms with van der Waals surface area (Å²) in [7, 11) is 1.60. The van der Waals surface area contributed by atoms with Crippen molar-refractivity contribution >= 4 is 22.8 Å². The van der Waals surface area contributed by atoms with E-state index in [9.17, 15) is 0 Å². The van der Waals surface area contributed by atoms with Gasteiger partial charge < -0.3 is 15.8 Å². The number of nitrogens with one attached hydrogen (secondary N) is 1. The molecule has 0 bridgehead atoms. The summed E-state index contributed by atoms with van der Waals surface area (Å²) < 4.78 is 7.37. The van der Waals surface area contributed by atoms with Crippen LogP contribution in [0.3, 0.4) is 0 Å². The molecule has 7 rings (SSSR count). The van der Waals surface area contributed by atoms with Gasteiger partial charge in [0.25, 0.3) is 0 Å². The predicted molar refractivity (Wildman–Crippen MR) is 175 cm³/mol. The summed E-state index contributed by atoms with van der Waals surface area (Å²) in [5.74, 6) is 2.47. The maximum atomic E-state index is 9.08. The highest BCUT2D eigenvalue weighted by atomic mass is 16.5. The topological polar surface area (TPSA) is 157 Å². The fraction of sp³-hybridized carbons (Fsp3) is 0.206. The normalized spacial score (nSPS) is 13.8. The number of hydrogen-bond donors (Lipinski definition) is 2. The van der Waals surface area contributed by atoms with Crippen molar-refractivity contribution in [2.45, 2.75) is 25.4 Å². The molecule has 5 aromatic heterocycles. The van der Waals surface area contributed by atoms with Crippen LogP contribution in [0.4, 0.5) is 11.6 Å². The smallest absolute Gasteiger partial charge is 0.234 e. The summed E-state index contributed by atoms with van der Waals surface area (Å²) in [5.41, 5.74) is 12.3. The summed E-state index contributed by atoms with van der Waals surface area (Å²) in [5, 5.41) is 12.5. The van der Waals surface area contributed by atoms with Crippen LogP contribution in [0.5, 0.6) is 5.88 Å². The van der Waals surface area contributed by atoms with Crippen molar-refractivity contribution in [2.24, 2.45) is 0 Å². The molecule has 0 atom stereocenters.